The summed E-state index contributed by atoms with van der Waals surface area (Å²) in [7, 11) is -7.29. The van der Waals surface area contributed by atoms with Crippen LogP contribution in [0.25, 0.3) is 10.9 Å². The lowest BCUT2D eigenvalue weighted by molar-refractivity contribution is 0.587. The molecule has 0 saturated heterocycles. The molecule has 0 radical (unpaired) electrons. The third-order valence-corrected chi connectivity index (χ3v) is 4.09. The Labute approximate surface area is 105 Å². The molecule has 0 aliphatic carbocycles. The molecule has 1 heterocycles. The first-order valence-electron chi connectivity index (χ1n) is 4.86. The molecule has 1 aromatic carbocycles. The van der Waals surface area contributed by atoms with Gasteiger partial charge in [0.1, 0.15) is 0 Å². The third-order valence-electron chi connectivity index (χ3n) is 2.23. The summed E-state index contributed by atoms with van der Waals surface area (Å²) < 4.78 is 46.2. The van der Waals surface area contributed by atoms with Gasteiger partial charge in [-0.25, -0.2) is 26.8 Å². The molecule has 0 saturated carbocycles. The number of para-hydroxylation sites is 1. The van der Waals surface area contributed by atoms with Gasteiger partial charge in [-0.2, -0.15) is 0 Å². The summed E-state index contributed by atoms with van der Waals surface area (Å²) in [5.41, 5.74) is 0.286. The molecule has 0 spiro atoms. The van der Waals surface area contributed by atoms with Gasteiger partial charge in [0.25, 0.3) is 0 Å². The molecule has 2 aromatic rings. The zero-order valence-corrected chi connectivity index (χ0v) is 11.3. The molecule has 0 unspecified atom stereocenters. The van der Waals surface area contributed by atoms with Crippen LogP contribution >= 0.6 is 0 Å². The molecule has 6 nitrogen and oxygen atoms in total. The standard InChI is InChI=1S/C10H10N2O4S2/c1-17(13,14)9-7-5-3-4-6-8(7)11-10(12-9)18(2,15)16/h3-6H,1-2H3. The minimum Gasteiger partial charge on any atom is -0.222 e. The number of benzene rings is 1. The van der Waals surface area contributed by atoms with Gasteiger partial charge in [0.15, 0.2) is 14.9 Å². The lowest BCUT2D eigenvalue weighted by Crippen LogP contribution is -2.10. The van der Waals surface area contributed by atoms with Crippen molar-refractivity contribution in [1.82, 2.24) is 9.97 Å². The van der Waals surface area contributed by atoms with Crippen molar-refractivity contribution in [3.63, 3.8) is 0 Å². The Morgan fingerprint density at radius 1 is 0.889 bits per heavy atom. The van der Waals surface area contributed by atoms with E-state index in [4.69, 9.17) is 0 Å². The molecule has 8 heteroatoms. The SMILES string of the molecule is CS(=O)(=O)c1nc(S(C)(=O)=O)c2ccccc2n1. The van der Waals surface area contributed by atoms with Gasteiger partial charge in [-0.1, -0.05) is 12.1 Å². The van der Waals surface area contributed by atoms with Gasteiger partial charge in [-0.15, -0.1) is 0 Å². The fourth-order valence-corrected chi connectivity index (χ4v) is 2.88. The van der Waals surface area contributed by atoms with E-state index in [1.54, 1.807) is 18.2 Å². The Hall–Kier alpha value is -1.54. The Kier molecular flexibility index (Phi) is 2.86. The van der Waals surface area contributed by atoms with E-state index in [0.29, 0.717) is 5.39 Å². The second-order valence-electron chi connectivity index (χ2n) is 3.87. The fourth-order valence-electron chi connectivity index (χ4n) is 1.48. The summed E-state index contributed by atoms with van der Waals surface area (Å²) in [4.78, 5) is 7.51. The second kappa shape index (κ2) is 3.99. The molecule has 0 bridgehead atoms. The van der Waals surface area contributed by atoms with Crippen molar-refractivity contribution >= 4 is 30.6 Å². The molecule has 0 amide bonds. The lowest BCUT2D eigenvalue weighted by atomic mass is 10.2. The maximum absolute atomic E-state index is 11.6. The number of rotatable bonds is 2. The predicted octanol–water partition coefficient (Wildman–Crippen LogP) is 0.437. The van der Waals surface area contributed by atoms with Gasteiger partial charge in [0.2, 0.25) is 15.0 Å². The van der Waals surface area contributed by atoms with Crippen LogP contribution in [0.5, 0.6) is 0 Å². The summed E-state index contributed by atoms with van der Waals surface area (Å²) in [6, 6.07) is 6.37. The molecule has 0 aliphatic heterocycles. The van der Waals surface area contributed by atoms with Gasteiger partial charge >= 0.3 is 0 Å². The van der Waals surface area contributed by atoms with E-state index >= 15 is 0 Å². The second-order valence-corrected chi connectivity index (χ2v) is 7.71. The minimum absolute atomic E-state index is 0.270. The van der Waals surface area contributed by atoms with Crippen LogP contribution in [-0.4, -0.2) is 39.3 Å². The average Bonchev–Trinajstić information content (AvgIpc) is 2.25. The highest BCUT2D eigenvalue weighted by Crippen LogP contribution is 2.21. The number of nitrogens with zero attached hydrogens (tertiary/aromatic N) is 2. The zero-order valence-electron chi connectivity index (χ0n) is 9.65. The molecular weight excluding hydrogens is 276 g/mol. The molecule has 2 rings (SSSR count). The van der Waals surface area contributed by atoms with Crippen LogP contribution in [0.3, 0.4) is 0 Å². The van der Waals surface area contributed by atoms with Gasteiger partial charge in [-0.3, -0.25) is 0 Å². The molecule has 1 aromatic heterocycles. The van der Waals surface area contributed by atoms with Gasteiger partial charge in [0, 0.05) is 17.9 Å². The topological polar surface area (TPSA) is 94.1 Å². The maximum atomic E-state index is 11.6. The smallest absolute Gasteiger partial charge is 0.222 e. The summed E-state index contributed by atoms with van der Waals surface area (Å²) in [5, 5.41) is -0.442. The quantitative estimate of drug-likeness (QED) is 0.587. The van der Waals surface area contributed by atoms with Crippen molar-refractivity contribution in [2.24, 2.45) is 0 Å². The molecule has 0 fully saturated rings. The number of hydrogen-bond acceptors (Lipinski definition) is 6. The summed E-state index contributed by atoms with van der Waals surface area (Å²) in [6.07, 6.45) is 1.91. The Morgan fingerprint density at radius 3 is 2.06 bits per heavy atom. The van der Waals surface area contributed by atoms with Crippen molar-refractivity contribution in [1.29, 1.82) is 0 Å². The normalized spacial score (nSPS) is 12.8. The van der Waals surface area contributed by atoms with Crippen molar-refractivity contribution in [2.45, 2.75) is 10.2 Å². The molecule has 0 N–H and O–H groups in total. The van der Waals surface area contributed by atoms with Crippen LogP contribution in [0.4, 0.5) is 0 Å². The van der Waals surface area contributed by atoms with Crippen molar-refractivity contribution in [2.75, 3.05) is 12.5 Å². The Balaban J connectivity index is 3.00. The highest BCUT2D eigenvalue weighted by Gasteiger charge is 2.20. The van der Waals surface area contributed by atoms with Crippen LogP contribution in [0.2, 0.25) is 0 Å². The fraction of sp³-hybridized carbons (Fsp3) is 0.200. The number of aromatic nitrogens is 2. The molecule has 0 atom stereocenters. The molecule has 0 aliphatic rings. The first kappa shape index (κ1) is 12.9. The number of sulfone groups is 2. The molecular formula is C10H10N2O4S2. The largest absolute Gasteiger partial charge is 0.248 e. The zero-order chi connectivity index (χ0) is 13.6. The highest BCUT2D eigenvalue weighted by molar-refractivity contribution is 7.91. The maximum Gasteiger partial charge on any atom is 0.248 e. The predicted molar refractivity (Wildman–Crippen MR) is 65.8 cm³/mol. The van der Waals surface area contributed by atoms with Crippen molar-refractivity contribution < 1.29 is 16.8 Å². The van der Waals surface area contributed by atoms with Gasteiger partial charge in [0.05, 0.1) is 5.52 Å². The van der Waals surface area contributed by atoms with Gasteiger partial charge in [-0.05, 0) is 12.1 Å². The monoisotopic (exact) mass is 286 g/mol. The first-order valence-corrected chi connectivity index (χ1v) is 8.65. The minimum atomic E-state index is -3.66. The van der Waals surface area contributed by atoms with E-state index in [9.17, 15) is 16.8 Å². The average molecular weight is 286 g/mol. The number of fused-ring (bicyclic) bond motifs is 1. The van der Waals surface area contributed by atoms with Crippen LogP contribution in [0.15, 0.2) is 34.4 Å². The molecule has 18 heavy (non-hydrogen) atoms. The Morgan fingerprint density at radius 2 is 1.50 bits per heavy atom. The van der Waals surface area contributed by atoms with E-state index in [2.05, 4.69) is 9.97 Å². The molecule has 96 valence electrons. The Bertz CT molecular complexity index is 826. The summed E-state index contributed by atoms with van der Waals surface area (Å²) >= 11 is 0. The lowest BCUT2D eigenvalue weighted by Gasteiger charge is -2.05. The van der Waals surface area contributed by atoms with Gasteiger partial charge < -0.3 is 0 Å². The number of hydrogen-bond donors (Lipinski definition) is 0. The highest BCUT2D eigenvalue weighted by atomic mass is 32.2. The van der Waals surface area contributed by atoms with Crippen LogP contribution in [0.1, 0.15) is 0 Å². The van der Waals surface area contributed by atoms with Crippen molar-refractivity contribution in [3.8, 4) is 0 Å². The van der Waals surface area contributed by atoms with Crippen LogP contribution < -0.4 is 0 Å². The summed E-state index contributed by atoms with van der Waals surface area (Å²) in [6.45, 7) is 0. The van der Waals surface area contributed by atoms with E-state index in [0.717, 1.165) is 12.5 Å². The third kappa shape index (κ3) is 2.34. The van der Waals surface area contributed by atoms with Crippen LogP contribution in [-0.2, 0) is 19.7 Å². The summed E-state index contributed by atoms with van der Waals surface area (Å²) in [5.74, 6) is 0. The van der Waals surface area contributed by atoms with Crippen molar-refractivity contribution in [3.05, 3.63) is 24.3 Å². The van der Waals surface area contributed by atoms with E-state index in [1.165, 1.54) is 6.07 Å². The first-order chi connectivity index (χ1) is 8.19. The van der Waals surface area contributed by atoms with E-state index in [-0.39, 0.29) is 10.5 Å². The van der Waals surface area contributed by atoms with E-state index < -0.39 is 24.8 Å². The van der Waals surface area contributed by atoms with E-state index in [1.807, 2.05) is 0 Å². The van der Waals surface area contributed by atoms with Crippen LogP contribution in [0, 0.1) is 0 Å².